The van der Waals surface area contributed by atoms with Crippen molar-refractivity contribution >= 4 is 40.1 Å². The molecule has 3 heterocycles. The van der Waals surface area contributed by atoms with Crippen molar-refractivity contribution in [2.75, 3.05) is 24.7 Å². The molecular weight excluding hydrogens is 280 g/mol. The fourth-order valence-corrected chi connectivity index (χ4v) is 3.01. The molecule has 4 nitrogen and oxygen atoms in total. The highest BCUT2D eigenvalue weighted by atomic mass is 35.5. The van der Waals surface area contributed by atoms with Crippen molar-refractivity contribution in [3.8, 4) is 10.6 Å². The maximum Gasteiger partial charge on any atom is 0.139 e. The quantitative estimate of drug-likeness (QED) is 0.788. The third kappa shape index (κ3) is 2.05. The van der Waals surface area contributed by atoms with E-state index in [2.05, 4.69) is 4.98 Å². The summed E-state index contributed by atoms with van der Waals surface area (Å²) in [5, 5.41) is 2.59. The third-order valence-electron chi connectivity index (χ3n) is 2.96. The van der Waals surface area contributed by atoms with Crippen molar-refractivity contribution in [2.45, 2.75) is 0 Å². The lowest BCUT2D eigenvalue weighted by atomic mass is 10.3. The first-order chi connectivity index (χ1) is 9.06. The third-order valence-corrected chi connectivity index (χ3v) is 4.24. The minimum absolute atomic E-state index is 0.636. The number of hydrogen-bond acceptors (Lipinski definition) is 4. The summed E-state index contributed by atoms with van der Waals surface area (Å²) in [4.78, 5) is 7.58. The molecular formula is C13H13ClN4S. The minimum atomic E-state index is 0.636. The molecule has 0 aliphatic carbocycles. The van der Waals surface area contributed by atoms with Gasteiger partial charge in [0.1, 0.15) is 17.2 Å². The normalized spacial score (nSPS) is 11.1. The second-order valence-corrected chi connectivity index (χ2v) is 5.83. The Morgan fingerprint density at radius 3 is 2.79 bits per heavy atom. The SMILES string of the molecule is CN(C)c1ccc2nc(-c3cc(Cl)cs3)c(N)n2c1. The van der Waals surface area contributed by atoms with Gasteiger partial charge in [-0.15, -0.1) is 11.3 Å². The number of pyridine rings is 1. The molecule has 0 fully saturated rings. The van der Waals surface area contributed by atoms with Crippen molar-refractivity contribution in [3.63, 3.8) is 0 Å². The van der Waals surface area contributed by atoms with Gasteiger partial charge < -0.3 is 10.6 Å². The van der Waals surface area contributed by atoms with E-state index in [4.69, 9.17) is 17.3 Å². The largest absolute Gasteiger partial charge is 0.383 e. The highest BCUT2D eigenvalue weighted by molar-refractivity contribution is 7.14. The van der Waals surface area contributed by atoms with Crippen LogP contribution >= 0.6 is 22.9 Å². The van der Waals surface area contributed by atoms with Crippen LogP contribution in [0, 0.1) is 0 Å². The number of nitrogen functional groups attached to an aromatic ring is 1. The molecule has 3 aromatic rings. The molecule has 0 aromatic carbocycles. The molecule has 0 atom stereocenters. The Hall–Kier alpha value is -1.72. The van der Waals surface area contributed by atoms with E-state index in [-0.39, 0.29) is 0 Å². The van der Waals surface area contributed by atoms with Gasteiger partial charge in [0.05, 0.1) is 15.6 Å². The molecule has 0 bridgehead atoms. The average molecular weight is 293 g/mol. The van der Waals surface area contributed by atoms with Crippen LogP contribution < -0.4 is 10.6 Å². The minimum Gasteiger partial charge on any atom is -0.383 e. The molecule has 0 aliphatic heterocycles. The van der Waals surface area contributed by atoms with E-state index in [9.17, 15) is 0 Å². The molecule has 98 valence electrons. The van der Waals surface area contributed by atoms with Gasteiger partial charge in [-0.2, -0.15) is 0 Å². The van der Waals surface area contributed by atoms with E-state index < -0.39 is 0 Å². The van der Waals surface area contributed by atoms with Crippen molar-refractivity contribution in [1.82, 2.24) is 9.38 Å². The smallest absolute Gasteiger partial charge is 0.139 e. The first kappa shape index (κ1) is 12.3. The Morgan fingerprint density at radius 1 is 1.37 bits per heavy atom. The zero-order valence-electron chi connectivity index (χ0n) is 10.6. The van der Waals surface area contributed by atoms with Gasteiger partial charge in [-0.3, -0.25) is 4.40 Å². The van der Waals surface area contributed by atoms with Crippen LogP contribution in [0.3, 0.4) is 0 Å². The molecule has 0 saturated carbocycles. The van der Waals surface area contributed by atoms with Gasteiger partial charge in [0.2, 0.25) is 0 Å². The first-order valence-corrected chi connectivity index (χ1v) is 7.01. The van der Waals surface area contributed by atoms with Crippen LogP contribution in [-0.4, -0.2) is 23.5 Å². The lowest BCUT2D eigenvalue weighted by Crippen LogP contribution is -2.09. The molecule has 19 heavy (non-hydrogen) atoms. The Bertz CT molecular complexity index is 744. The standard InChI is InChI=1S/C13H13ClN4S/c1-17(2)9-3-4-11-16-12(13(15)18(11)6-9)10-5-8(14)7-19-10/h3-7H,15H2,1-2H3. The lowest BCUT2D eigenvalue weighted by molar-refractivity contribution is 1.09. The van der Waals surface area contributed by atoms with Crippen LogP contribution in [-0.2, 0) is 0 Å². The van der Waals surface area contributed by atoms with Crippen LogP contribution in [0.4, 0.5) is 11.5 Å². The number of aromatic nitrogens is 2. The maximum atomic E-state index is 6.19. The second kappa shape index (κ2) is 4.43. The molecule has 6 heteroatoms. The van der Waals surface area contributed by atoms with Crippen LogP contribution in [0.25, 0.3) is 16.2 Å². The molecule has 0 saturated heterocycles. The number of fused-ring (bicyclic) bond motifs is 1. The summed E-state index contributed by atoms with van der Waals surface area (Å²) < 4.78 is 1.90. The number of rotatable bonds is 2. The maximum absolute atomic E-state index is 6.19. The van der Waals surface area contributed by atoms with Gasteiger partial charge in [-0.1, -0.05) is 11.6 Å². The average Bonchev–Trinajstić information content (AvgIpc) is 2.93. The van der Waals surface area contributed by atoms with Crippen molar-refractivity contribution in [1.29, 1.82) is 0 Å². The van der Waals surface area contributed by atoms with Crippen molar-refractivity contribution in [3.05, 3.63) is 34.8 Å². The van der Waals surface area contributed by atoms with Crippen LogP contribution in [0.5, 0.6) is 0 Å². The predicted molar refractivity (Wildman–Crippen MR) is 82.3 cm³/mol. The summed E-state index contributed by atoms with van der Waals surface area (Å²) in [6.45, 7) is 0. The van der Waals surface area contributed by atoms with E-state index in [1.165, 1.54) is 0 Å². The molecule has 0 aliphatic rings. The number of imidazole rings is 1. The molecule has 2 N–H and O–H groups in total. The zero-order valence-corrected chi connectivity index (χ0v) is 12.2. The van der Waals surface area contributed by atoms with E-state index in [0.717, 1.165) is 21.9 Å². The van der Waals surface area contributed by atoms with Gasteiger partial charge in [-0.25, -0.2) is 4.98 Å². The van der Waals surface area contributed by atoms with Gasteiger partial charge in [0.25, 0.3) is 0 Å². The monoisotopic (exact) mass is 292 g/mol. The van der Waals surface area contributed by atoms with E-state index >= 15 is 0 Å². The van der Waals surface area contributed by atoms with Crippen LogP contribution in [0.1, 0.15) is 0 Å². The summed E-state index contributed by atoms with van der Waals surface area (Å²) in [5.41, 5.74) is 8.89. The van der Waals surface area contributed by atoms with Gasteiger partial charge >= 0.3 is 0 Å². The fourth-order valence-electron chi connectivity index (χ4n) is 1.93. The van der Waals surface area contributed by atoms with Gasteiger partial charge in [0.15, 0.2) is 0 Å². The molecule has 3 rings (SSSR count). The summed E-state index contributed by atoms with van der Waals surface area (Å²) in [6, 6.07) is 5.87. The number of hydrogen-bond donors (Lipinski definition) is 1. The zero-order chi connectivity index (χ0) is 13.6. The summed E-state index contributed by atoms with van der Waals surface area (Å²) in [5.74, 6) is 0.636. The first-order valence-electron chi connectivity index (χ1n) is 5.75. The summed E-state index contributed by atoms with van der Waals surface area (Å²) >= 11 is 7.50. The van der Waals surface area contributed by atoms with Crippen LogP contribution in [0.2, 0.25) is 5.02 Å². The topological polar surface area (TPSA) is 46.6 Å². The molecule has 0 unspecified atom stereocenters. The number of halogens is 1. The number of nitrogens with zero attached hydrogens (tertiary/aromatic N) is 3. The van der Waals surface area contributed by atoms with E-state index in [1.54, 1.807) is 11.3 Å². The van der Waals surface area contributed by atoms with Crippen LogP contribution in [0.15, 0.2) is 29.8 Å². The van der Waals surface area contributed by atoms with E-state index in [0.29, 0.717) is 10.8 Å². The molecule has 0 amide bonds. The molecule has 0 radical (unpaired) electrons. The van der Waals surface area contributed by atoms with Crippen molar-refractivity contribution in [2.24, 2.45) is 0 Å². The molecule has 3 aromatic heterocycles. The summed E-state index contributed by atoms with van der Waals surface area (Å²) in [6.07, 6.45) is 1.98. The van der Waals surface area contributed by atoms with Crippen molar-refractivity contribution < 1.29 is 0 Å². The Labute approximate surface area is 120 Å². The van der Waals surface area contributed by atoms with Gasteiger partial charge in [-0.05, 0) is 18.2 Å². The van der Waals surface area contributed by atoms with E-state index in [1.807, 2.05) is 53.2 Å². The molecule has 0 spiro atoms. The highest BCUT2D eigenvalue weighted by Crippen LogP contribution is 2.33. The Balaban J connectivity index is 2.20. The highest BCUT2D eigenvalue weighted by Gasteiger charge is 2.13. The predicted octanol–water partition coefficient (Wildman–Crippen LogP) is 3.36. The Kier molecular flexibility index (Phi) is 2.88. The number of thiophene rings is 1. The van der Waals surface area contributed by atoms with Gasteiger partial charge in [0, 0.05) is 25.7 Å². The fraction of sp³-hybridized carbons (Fsp3) is 0.154. The second-order valence-electron chi connectivity index (χ2n) is 4.48. The number of nitrogens with two attached hydrogens (primary N) is 1. The summed E-state index contributed by atoms with van der Waals surface area (Å²) in [7, 11) is 3.99. The lowest BCUT2D eigenvalue weighted by Gasteiger charge is -2.12. The Morgan fingerprint density at radius 2 is 2.16 bits per heavy atom. The number of anilines is 2.